The SMILES string of the molecule is COC(=O)CC(CC(C)C)c1ccc(Cl)s1. The lowest BCUT2D eigenvalue weighted by molar-refractivity contribution is -0.141. The van der Waals surface area contributed by atoms with Crippen LogP contribution >= 0.6 is 22.9 Å². The van der Waals surface area contributed by atoms with E-state index in [1.165, 1.54) is 12.0 Å². The third kappa shape index (κ3) is 4.14. The van der Waals surface area contributed by atoms with Crippen molar-refractivity contribution >= 4 is 28.9 Å². The predicted octanol–water partition coefficient (Wildman–Crippen LogP) is 4.09. The molecule has 0 aliphatic carbocycles. The van der Waals surface area contributed by atoms with Crippen LogP contribution < -0.4 is 0 Å². The summed E-state index contributed by atoms with van der Waals surface area (Å²) in [6, 6.07) is 3.88. The average Bonchev–Trinajstić information content (AvgIpc) is 2.63. The quantitative estimate of drug-likeness (QED) is 0.746. The van der Waals surface area contributed by atoms with Gasteiger partial charge in [-0.2, -0.15) is 0 Å². The summed E-state index contributed by atoms with van der Waals surface area (Å²) in [4.78, 5) is 12.5. The Kier molecular flexibility index (Phi) is 5.29. The van der Waals surface area contributed by atoms with Crippen LogP contribution in [0.25, 0.3) is 0 Å². The standard InChI is InChI=1S/C12H17ClO2S/c1-8(2)6-9(7-12(14)15-3)10-4-5-11(13)16-10/h4-5,8-9H,6-7H2,1-3H3. The molecule has 0 aliphatic heterocycles. The van der Waals surface area contributed by atoms with Crippen LogP contribution in [-0.4, -0.2) is 13.1 Å². The highest BCUT2D eigenvalue weighted by Gasteiger charge is 2.19. The van der Waals surface area contributed by atoms with Gasteiger partial charge in [0.05, 0.1) is 17.9 Å². The summed E-state index contributed by atoms with van der Waals surface area (Å²) in [5, 5.41) is 0. The zero-order valence-electron chi connectivity index (χ0n) is 9.83. The Morgan fingerprint density at radius 1 is 1.50 bits per heavy atom. The molecule has 90 valence electrons. The number of ether oxygens (including phenoxy) is 1. The van der Waals surface area contributed by atoms with Gasteiger partial charge in [0.2, 0.25) is 0 Å². The predicted molar refractivity (Wildman–Crippen MR) is 68.2 cm³/mol. The Morgan fingerprint density at radius 2 is 2.19 bits per heavy atom. The highest BCUT2D eigenvalue weighted by Crippen LogP contribution is 2.34. The number of esters is 1. The average molecular weight is 261 g/mol. The molecule has 0 N–H and O–H groups in total. The topological polar surface area (TPSA) is 26.3 Å². The van der Waals surface area contributed by atoms with E-state index >= 15 is 0 Å². The zero-order chi connectivity index (χ0) is 12.1. The van der Waals surface area contributed by atoms with Crippen LogP contribution in [0.2, 0.25) is 4.34 Å². The maximum absolute atomic E-state index is 11.3. The van der Waals surface area contributed by atoms with E-state index in [4.69, 9.17) is 16.3 Å². The van der Waals surface area contributed by atoms with E-state index in [2.05, 4.69) is 13.8 Å². The van der Waals surface area contributed by atoms with Crippen molar-refractivity contribution < 1.29 is 9.53 Å². The molecule has 1 rings (SSSR count). The van der Waals surface area contributed by atoms with Crippen LogP contribution in [0, 0.1) is 5.92 Å². The van der Waals surface area contributed by atoms with Crippen molar-refractivity contribution in [3.05, 3.63) is 21.3 Å². The fourth-order valence-electron chi connectivity index (χ4n) is 1.70. The van der Waals surface area contributed by atoms with Gasteiger partial charge >= 0.3 is 5.97 Å². The molecule has 0 radical (unpaired) electrons. The summed E-state index contributed by atoms with van der Waals surface area (Å²) >= 11 is 7.46. The van der Waals surface area contributed by atoms with E-state index in [1.807, 2.05) is 12.1 Å². The lowest BCUT2D eigenvalue weighted by Gasteiger charge is -2.16. The van der Waals surface area contributed by atoms with Gasteiger partial charge in [-0.3, -0.25) is 4.79 Å². The van der Waals surface area contributed by atoms with Crippen LogP contribution in [0.5, 0.6) is 0 Å². The largest absolute Gasteiger partial charge is 0.469 e. The number of carbonyl (C=O) groups excluding carboxylic acids is 1. The van der Waals surface area contributed by atoms with E-state index < -0.39 is 0 Å². The number of methoxy groups -OCH3 is 1. The zero-order valence-corrected chi connectivity index (χ0v) is 11.4. The molecule has 0 saturated carbocycles. The van der Waals surface area contributed by atoms with Gasteiger partial charge in [-0.05, 0) is 24.5 Å². The minimum Gasteiger partial charge on any atom is -0.469 e. The van der Waals surface area contributed by atoms with Crippen molar-refractivity contribution in [1.82, 2.24) is 0 Å². The van der Waals surface area contributed by atoms with Gasteiger partial charge in [-0.1, -0.05) is 25.4 Å². The molecule has 0 spiro atoms. The molecular formula is C12H17ClO2S. The minimum atomic E-state index is -0.157. The number of hydrogen-bond donors (Lipinski definition) is 0. The molecule has 0 amide bonds. The Morgan fingerprint density at radius 3 is 2.62 bits per heavy atom. The fraction of sp³-hybridized carbons (Fsp3) is 0.583. The molecule has 1 atom stereocenters. The molecule has 0 fully saturated rings. The molecule has 0 aliphatic rings. The Hall–Kier alpha value is -0.540. The molecule has 0 bridgehead atoms. The second-order valence-corrected chi connectivity index (χ2v) is 6.00. The molecule has 4 heteroatoms. The third-order valence-electron chi connectivity index (χ3n) is 2.39. The van der Waals surface area contributed by atoms with Crippen molar-refractivity contribution in [3.63, 3.8) is 0 Å². The van der Waals surface area contributed by atoms with Crippen LogP contribution in [0.1, 0.15) is 37.5 Å². The van der Waals surface area contributed by atoms with E-state index in [0.29, 0.717) is 12.3 Å². The smallest absolute Gasteiger partial charge is 0.306 e. The first-order valence-electron chi connectivity index (χ1n) is 5.35. The Balaban J connectivity index is 2.74. The number of halogens is 1. The van der Waals surface area contributed by atoms with Gasteiger partial charge in [-0.25, -0.2) is 0 Å². The number of carbonyl (C=O) groups is 1. The first-order valence-corrected chi connectivity index (χ1v) is 6.54. The second-order valence-electron chi connectivity index (χ2n) is 4.25. The van der Waals surface area contributed by atoms with Crippen LogP contribution in [0.15, 0.2) is 12.1 Å². The molecule has 1 aromatic rings. The fourth-order valence-corrected chi connectivity index (χ4v) is 2.88. The highest BCUT2D eigenvalue weighted by atomic mass is 35.5. The summed E-state index contributed by atoms with van der Waals surface area (Å²) in [5.41, 5.74) is 0. The Labute approximate surface area is 106 Å². The molecule has 0 saturated heterocycles. The van der Waals surface area contributed by atoms with Gasteiger partial charge in [0.25, 0.3) is 0 Å². The number of rotatable bonds is 5. The molecule has 1 unspecified atom stereocenters. The number of hydrogen-bond acceptors (Lipinski definition) is 3. The van der Waals surface area contributed by atoms with Crippen molar-refractivity contribution in [1.29, 1.82) is 0 Å². The van der Waals surface area contributed by atoms with Crippen molar-refractivity contribution in [2.75, 3.05) is 7.11 Å². The van der Waals surface area contributed by atoms with Gasteiger partial charge in [-0.15, -0.1) is 11.3 Å². The normalized spacial score (nSPS) is 12.8. The lowest BCUT2D eigenvalue weighted by atomic mass is 9.93. The minimum absolute atomic E-state index is 0.157. The highest BCUT2D eigenvalue weighted by molar-refractivity contribution is 7.16. The van der Waals surface area contributed by atoms with Crippen LogP contribution in [0.3, 0.4) is 0 Å². The molecule has 0 aromatic carbocycles. The number of thiophene rings is 1. The summed E-state index contributed by atoms with van der Waals surface area (Å²) in [6.45, 7) is 4.30. The van der Waals surface area contributed by atoms with Gasteiger partial charge < -0.3 is 4.74 Å². The van der Waals surface area contributed by atoms with Gasteiger partial charge in [0, 0.05) is 10.8 Å². The summed E-state index contributed by atoms with van der Waals surface area (Å²) in [7, 11) is 1.43. The molecule has 16 heavy (non-hydrogen) atoms. The van der Waals surface area contributed by atoms with E-state index in [9.17, 15) is 4.79 Å². The molecule has 2 nitrogen and oxygen atoms in total. The molecule has 1 aromatic heterocycles. The van der Waals surface area contributed by atoms with Crippen LogP contribution in [0.4, 0.5) is 0 Å². The maximum atomic E-state index is 11.3. The van der Waals surface area contributed by atoms with Gasteiger partial charge in [0.1, 0.15) is 0 Å². The first kappa shape index (κ1) is 13.5. The monoisotopic (exact) mass is 260 g/mol. The Bertz CT molecular complexity index is 347. The molecular weight excluding hydrogens is 244 g/mol. The molecule has 1 heterocycles. The van der Waals surface area contributed by atoms with E-state index in [-0.39, 0.29) is 11.9 Å². The summed E-state index contributed by atoms with van der Waals surface area (Å²) < 4.78 is 5.50. The van der Waals surface area contributed by atoms with E-state index in [0.717, 1.165) is 10.8 Å². The second kappa shape index (κ2) is 6.26. The summed E-state index contributed by atoms with van der Waals surface area (Å²) in [5.74, 6) is 0.621. The first-order chi connectivity index (χ1) is 7.52. The van der Waals surface area contributed by atoms with Crippen LogP contribution in [-0.2, 0) is 9.53 Å². The third-order valence-corrected chi connectivity index (χ3v) is 3.79. The van der Waals surface area contributed by atoms with Gasteiger partial charge in [0.15, 0.2) is 0 Å². The maximum Gasteiger partial charge on any atom is 0.306 e. The van der Waals surface area contributed by atoms with Crippen molar-refractivity contribution in [3.8, 4) is 0 Å². The summed E-state index contributed by atoms with van der Waals surface area (Å²) in [6.07, 6.45) is 1.41. The van der Waals surface area contributed by atoms with Crippen molar-refractivity contribution in [2.24, 2.45) is 5.92 Å². The van der Waals surface area contributed by atoms with E-state index in [1.54, 1.807) is 11.3 Å². The lowest BCUT2D eigenvalue weighted by Crippen LogP contribution is -2.09. The van der Waals surface area contributed by atoms with Crippen molar-refractivity contribution in [2.45, 2.75) is 32.6 Å².